The van der Waals surface area contributed by atoms with Gasteiger partial charge in [-0.25, -0.2) is 4.98 Å². The third-order valence-electron chi connectivity index (χ3n) is 4.21. The number of aromatic nitrogens is 1. The molecule has 0 spiro atoms. The van der Waals surface area contributed by atoms with Gasteiger partial charge in [0.05, 0.1) is 17.5 Å². The van der Waals surface area contributed by atoms with Crippen molar-refractivity contribution in [1.82, 2.24) is 9.88 Å². The monoisotopic (exact) mass is 380 g/mol. The van der Waals surface area contributed by atoms with Crippen molar-refractivity contribution >= 4 is 34.8 Å². The van der Waals surface area contributed by atoms with Crippen LogP contribution in [0.1, 0.15) is 23.3 Å². The molecule has 2 aromatic rings. The Labute approximate surface area is 154 Å². The highest BCUT2D eigenvalue weighted by atomic mass is 35.5. The lowest BCUT2D eigenvalue weighted by Crippen LogP contribution is -2.37. The van der Waals surface area contributed by atoms with E-state index in [1.54, 1.807) is 23.5 Å². The number of halogens is 1. The number of likely N-dealkylation sites (tertiary alicyclic amines) is 1. The van der Waals surface area contributed by atoms with Gasteiger partial charge in [-0.2, -0.15) is 0 Å². The summed E-state index contributed by atoms with van der Waals surface area (Å²) >= 11 is 7.52. The minimum atomic E-state index is -0.936. The Hall–Kier alpha value is -1.96. The third kappa shape index (κ3) is 3.84. The van der Waals surface area contributed by atoms with Gasteiger partial charge in [-0.15, -0.1) is 11.3 Å². The number of carboxylic acids is 1. The van der Waals surface area contributed by atoms with E-state index < -0.39 is 5.97 Å². The van der Waals surface area contributed by atoms with Crippen molar-refractivity contribution < 1.29 is 19.4 Å². The van der Waals surface area contributed by atoms with Gasteiger partial charge in [0, 0.05) is 30.6 Å². The standard InChI is InChI=1S/C17H17ClN2O4S/c1-24-11-6-10(7-15(21)22)20(8-11)17(23)14-9-25-16(19-14)12-4-2-3-5-13(12)18/h2-5,9-11H,6-8H2,1H3,(H,21,22). The molecule has 6 nitrogen and oxygen atoms in total. The van der Waals surface area contributed by atoms with Crippen LogP contribution in [-0.4, -0.2) is 52.7 Å². The second-order valence-electron chi connectivity index (χ2n) is 5.82. The summed E-state index contributed by atoms with van der Waals surface area (Å²) in [5.74, 6) is -1.21. The van der Waals surface area contributed by atoms with E-state index in [2.05, 4.69) is 4.98 Å². The van der Waals surface area contributed by atoms with Crippen molar-refractivity contribution in [2.24, 2.45) is 0 Å². The molecule has 1 aliphatic rings. The van der Waals surface area contributed by atoms with Crippen molar-refractivity contribution in [3.05, 3.63) is 40.4 Å². The number of aliphatic carboxylic acids is 1. The number of thiazole rings is 1. The van der Waals surface area contributed by atoms with Gasteiger partial charge >= 0.3 is 5.97 Å². The van der Waals surface area contributed by atoms with Crippen molar-refractivity contribution in [2.45, 2.75) is 25.0 Å². The van der Waals surface area contributed by atoms with Crippen LogP contribution in [0, 0.1) is 0 Å². The van der Waals surface area contributed by atoms with E-state index in [0.29, 0.717) is 28.7 Å². The number of benzene rings is 1. The number of nitrogens with zero attached hydrogens (tertiary/aromatic N) is 2. The lowest BCUT2D eigenvalue weighted by atomic mass is 10.1. The fourth-order valence-corrected chi connectivity index (χ4v) is 4.08. The fourth-order valence-electron chi connectivity index (χ4n) is 2.97. The van der Waals surface area contributed by atoms with Gasteiger partial charge in [-0.1, -0.05) is 29.8 Å². The largest absolute Gasteiger partial charge is 0.481 e. The van der Waals surface area contributed by atoms with Gasteiger partial charge in [0.25, 0.3) is 5.91 Å². The Morgan fingerprint density at radius 1 is 1.44 bits per heavy atom. The van der Waals surface area contributed by atoms with Crippen LogP contribution in [-0.2, 0) is 9.53 Å². The van der Waals surface area contributed by atoms with Crippen LogP contribution in [0.3, 0.4) is 0 Å². The molecule has 3 rings (SSSR count). The zero-order valence-corrected chi connectivity index (χ0v) is 15.1. The van der Waals surface area contributed by atoms with Crippen LogP contribution in [0.5, 0.6) is 0 Å². The van der Waals surface area contributed by atoms with E-state index in [1.807, 2.05) is 18.2 Å². The molecule has 0 aliphatic carbocycles. The Morgan fingerprint density at radius 3 is 2.88 bits per heavy atom. The summed E-state index contributed by atoms with van der Waals surface area (Å²) in [6.07, 6.45) is 0.248. The molecule has 2 heterocycles. The molecule has 0 saturated carbocycles. The van der Waals surface area contributed by atoms with Gasteiger partial charge in [0.2, 0.25) is 0 Å². The number of carbonyl (C=O) groups excluding carboxylic acids is 1. The van der Waals surface area contributed by atoms with Crippen molar-refractivity contribution in [2.75, 3.05) is 13.7 Å². The second-order valence-corrected chi connectivity index (χ2v) is 7.09. The highest BCUT2D eigenvalue weighted by Crippen LogP contribution is 2.31. The molecule has 1 aromatic heterocycles. The van der Waals surface area contributed by atoms with Gasteiger partial charge in [0.1, 0.15) is 10.7 Å². The topological polar surface area (TPSA) is 79.7 Å². The lowest BCUT2D eigenvalue weighted by Gasteiger charge is -2.22. The molecule has 1 amide bonds. The average molecular weight is 381 g/mol. The first kappa shape index (κ1) is 17.8. The number of carboxylic acid groups (broad SMARTS) is 1. The first-order chi connectivity index (χ1) is 12.0. The van der Waals surface area contributed by atoms with Crippen molar-refractivity contribution in [3.8, 4) is 10.6 Å². The molecule has 1 aromatic carbocycles. The van der Waals surface area contributed by atoms with Crippen LogP contribution >= 0.6 is 22.9 Å². The van der Waals surface area contributed by atoms with Crippen LogP contribution < -0.4 is 0 Å². The summed E-state index contributed by atoms with van der Waals surface area (Å²) in [4.78, 5) is 29.8. The minimum absolute atomic E-state index is 0.104. The molecule has 25 heavy (non-hydrogen) atoms. The molecule has 8 heteroatoms. The highest BCUT2D eigenvalue weighted by molar-refractivity contribution is 7.13. The number of carbonyl (C=O) groups is 2. The molecule has 1 saturated heterocycles. The number of ether oxygens (including phenoxy) is 1. The lowest BCUT2D eigenvalue weighted by molar-refractivity contribution is -0.138. The third-order valence-corrected chi connectivity index (χ3v) is 5.41. The summed E-state index contributed by atoms with van der Waals surface area (Å²) in [6.45, 7) is 0.367. The maximum atomic E-state index is 12.8. The first-order valence-corrected chi connectivity index (χ1v) is 9.01. The normalized spacial score (nSPS) is 20.0. The van der Waals surface area contributed by atoms with E-state index in [-0.39, 0.29) is 24.5 Å². The van der Waals surface area contributed by atoms with Gasteiger partial charge in [-0.05, 0) is 12.5 Å². The Morgan fingerprint density at radius 2 is 2.20 bits per heavy atom. The highest BCUT2D eigenvalue weighted by Gasteiger charge is 2.37. The molecule has 1 fully saturated rings. The summed E-state index contributed by atoms with van der Waals surface area (Å²) in [5.41, 5.74) is 1.07. The molecule has 0 bridgehead atoms. The van der Waals surface area contributed by atoms with Gasteiger partial charge < -0.3 is 14.7 Å². The Bertz CT molecular complexity index is 794. The molecule has 132 valence electrons. The summed E-state index contributed by atoms with van der Waals surface area (Å²) in [6, 6.07) is 6.92. The predicted octanol–water partition coefficient (Wildman–Crippen LogP) is 3.17. The Balaban J connectivity index is 1.83. The number of amides is 1. The zero-order chi connectivity index (χ0) is 18.0. The molecule has 2 unspecified atom stereocenters. The maximum absolute atomic E-state index is 12.8. The SMILES string of the molecule is COC1CC(CC(=O)O)N(C(=O)c2csc(-c3ccccc3Cl)n2)C1. The van der Waals surface area contributed by atoms with E-state index in [1.165, 1.54) is 11.3 Å². The minimum Gasteiger partial charge on any atom is -0.481 e. The molecular formula is C17H17ClN2O4S. The number of hydrogen-bond acceptors (Lipinski definition) is 5. The van der Waals surface area contributed by atoms with Crippen LogP contribution in [0.25, 0.3) is 10.6 Å². The van der Waals surface area contributed by atoms with Crippen LogP contribution in [0.4, 0.5) is 0 Å². The summed E-state index contributed by atoms with van der Waals surface area (Å²) < 4.78 is 5.31. The van der Waals surface area contributed by atoms with Crippen LogP contribution in [0.15, 0.2) is 29.6 Å². The Kier molecular flexibility index (Phi) is 5.36. The zero-order valence-electron chi connectivity index (χ0n) is 13.5. The van der Waals surface area contributed by atoms with E-state index in [4.69, 9.17) is 21.4 Å². The van der Waals surface area contributed by atoms with E-state index in [9.17, 15) is 9.59 Å². The van der Waals surface area contributed by atoms with E-state index in [0.717, 1.165) is 5.56 Å². The maximum Gasteiger partial charge on any atom is 0.305 e. The van der Waals surface area contributed by atoms with Gasteiger partial charge in [-0.3, -0.25) is 9.59 Å². The molecule has 1 N–H and O–H groups in total. The fraction of sp³-hybridized carbons (Fsp3) is 0.353. The molecule has 0 radical (unpaired) electrons. The number of methoxy groups -OCH3 is 1. The smallest absolute Gasteiger partial charge is 0.305 e. The quantitative estimate of drug-likeness (QED) is 0.861. The molecular weight excluding hydrogens is 364 g/mol. The van der Waals surface area contributed by atoms with E-state index >= 15 is 0 Å². The first-order valence-electron chi connectivity index (χ1n) is 7.75. The molecule has 1 aliphatic heterocycles. The average Bonchev–Trinajstić information content (AvgIpc) is 3.21. The predicted molar refractivity (Wildman–Crippen MR) is 95.1 cm³/mol. The molecule has 2 atom stereocenters. The summed E-state index contributed by atoms with van der Waals surface area (Å²) in [7, 11) is 1.56. The van der Waals surface area contributed by atoms with Gasteiger partial charge in [0.15, 0.2) is 0 Å². The van der Waals surface area contributed by atoms with Crippen molar-refractivity contribution in [3.63, 3.8) is 0 Å². The number of rotatable bonds is 5. The van der Waals surface area contributed by atoms with Crippen molar-refractivity contribution in [1.29, 1.82) is 0 Å². The number of hydrogen-bond donors (Lipinski definition) is 1. The second kappa shape index (κ2) is 7.51. The summed E-state index contributed by atoms with van der Waals surface area (Å²) in [5, 5.41) is 12.0. The van der Waals surface area contributed by atoms with Crippen LogP contribution in [0.2, 0.25) is 5.02 Å².